The van der Waals surface area contributed by atoms with Crippen LogP contribution in [-0.4, -0.2) is 12.6 Å². The third kappa shape index (κ3) is 2.26. The van der Waals surface area contributed by atoms with Gasteiger partial charge in [-0.2, -0.15) is 0 Å². The maximum absolute atomic E-state index is 13.6. The Labute approximate surface area is 102 Å². The molecular weight excluding hydrogens is 275 g/mol. The molecule has 0 amide bonds. The maximum Gasteiger partial charge on any atom is 0.309 e. The minimum atomic E-state index is -0.258. The highest BCUT2D eigenvalue weighted by Gasteiger charge is 2.46. The Hall–Kier alpha value is -0.900. The van der Waals surface area contributed by atoms with Crippen LogP contribution in [0.15, 0.2) is 22.7 Å². The third-order valence-corrected chi connectivity index (χ3v) is 3.24. The molecule has 1 saturated carbocycles. The van der Waals surface area contributed by atoms with Gasteiger partial charge >= 0.3 is 5.97 Å². The van der Waals surface area contributed by atoms with E-state index < -0.39 is 0 Å². The van der Waals surface area contributed by atoms with Gasteiger partial charge in [-0.1, -0.05) is 22.0 Å². The van der Waals surface area contributed by atoms with Crippen LogP contribution in [0.3, 0.4) is 0 Å². The number of rotatable bonds is 3. The summed E-state index contributed by atoms with van der Waals surface area (Å²) in [6.45, 7) is 2.15. The molecule has 2 nitrogen and oxygen atoms in total. The second-order valence-electron chi connectivity index (χ2n) is 3.87. The number of halogens is 2. The largest absolute Gasteiger partial charge is 0.466 e. The molecule has 0 N–H and O–H groups in total. The Kier molecular flexibility index (Phi) is 3.28. The second kappa shape index (κ2) is 4.53. The van der Waals surface area contributed by atoms with Crippen molar-refractivity contribution in [3.63, 3.8) is 0 Å². The molecule has 0 saturated heterocycles. The maximum atomic E-state index is 13.6. The van der Waals surface area contributed by atoms with Crippen molar-refractivity contribution in [2.75, 3.05) is 6.61 Å². The van der Waals surface area contributed by atoms with E-state index in [1.165, 1.54) is 6.07 Å². The van der Waals surface area contributed by atoms with Crippen LogP contribution in [0.1, 0.15) is 24.8 Å². The van der Waals surface area contributed by atoms with Gasteiger partial charge in [-0.3, -0.25) is 4.79 Å². The number of hydrogen-bond acceptors (Lipinski definition) is 2. The first-order valence-corrected chi connectivity index (χ1v) is 6.04. The highest BCUT2D eigenvalue weighted by molar-refractivity contribution is 9.10. The van der Waals surface area contributed by atoms with E-state index in [4.69, 9.17) is 4.74 Å². The summed E-state index contributed by atoms with van der Waals surface area (Å²) in [7, 11) is 0. The Morgan fingerprint density at radius 1 is 1.62 bits per heavy atom. The fourth-order valence-electron chi connectivity index (χ4n) is 1.85. The molecule has 0 aromatic heterocycles. The minimum absolute atomic E-state index is 0.00727. The summed E-state index contributed by atoms with van der Waals surface area (Å²) in [5, 5.41) is 0. The summed E-state index contributed by atoms with van der Waals surface area (Å²) in [5.41, 5.74) is 0.612. The lowest BCUT2D eigenvalue weighted by Gasteiger charge is -2.03. The zero-order chi connectivity index (χ0) is 11.7. The quantitative estimate of drug-likeness (QED) is 0.798. The lowest BCUT2D eigenvalue weighted by atomic mass is 10.1. The van der Waals surface area contributed by atoms with Crippen LogP contribution in [0.4, 0.5) is 4.39 Å². The Morgan fingerprint density at radius 3 is 3.00 bits per heavy atom. The van der Waals surface area contributed by atoms with Crippen LogP contribution in [0.5, 0.6) is 0 Å². The molecule has 0 heterocycles. The first kappa shape index (κ1) is 11.6. The molecule has 0 unspecified atom stereocenters. The van der Waals surface area contributed by atoms with E-state index >= 15 is 0 Å². The van der Waals surface area contributed by atoms with E-state index in [1.807, 2.05) is 0 Å². The zero-order valence-electron chi connectivity index (χ0n) is 8.87. The molecule has 1 fully saturated rings. The number of hydrogen-bond donors (Lipinski definition) is 0. The van der Waals surface area contributed by atoms with Gasteiger partial charge in [-0.05, 0) is 31.0 Å². The van der Waals surface area contributed by atoms with E-state index in [0.29, 0.717) is 23.1 Å². The van der Waals surface area contributed by atoms with E-state index in [2.05, 4.69) is 15.9 Å². The summed E-state index contributed by atoms with van der Waals surface area (Å²) >= 11 is 3.20. The number of carbonyl (C=O) groups is 1. The molecule has 0 aliphatic heterocycles. The Balaban J connectivity index is 2.08. The normalized spacial score (nSPS) is 22.9. The summed E-state index contributed by atoms with van der Waals surface area (Å²) in [6, 6.07) is 4.94. The van der Waals surface area contributed by atoms with Gasteiger partial charge in [0.05, 0.1) is 12.5 Å². The van der Waals surface area contributed by atoms with Crippen molar-refractivity contribution < 1.29 is 13.9 Å². The topological polar surface area (TPSA) is 26.3 Å². The first-order chi connectivity index (χ1) is 7.63. The van der Waals surface area contributed by atoms with Crippen LogP contribution < -0.4 is 0 Å². The fraction of sp³-hybridized carbons (Fsp3) is 0.417. The molecule has 0 radical (unpaired) electrons. The smallest absolute Gasteiger partial charge is 0.309 e. The highest BCUT2D eigenvalue weighted by Crippen LogP contribution is 2.49. The lowest BCUT2D eigenvalue weighted by Crippen LogP contribution is -2.07. The molecule has 16 heavy (non-hydrogen) atoms. The standard InChI is InChI=1S/C12H12BrFO2/c1-2-16-12(15)10-6-9(10)8-4-3-7(13)5-11(8)14/h3-5,9-10H,2,6H2,1H3/t9-,10+/m0/s1. The van der Waals surface area contributed by atoms with Gasteiger partial charge in [0, 0.05) is 10.4 Å². The zero-order valence-corrected chi connectivity index (χ0v) is 10.5. The summed E-state index contributed by atoms with van der Waals surface area (Å²) < 4.78 is 19.2. The summed E-state index contributed by atoms with van der Waals surface area (Å²) in [4.78, 5) is 11.4. The van der Waals surface area contributed by atoms with Crippen LogP contribution in [0.2, 0.25) is 0 Å². The van der Waals surface area contributed by atoms with Gasteiger partial charge in [0.1, 0.15) is 5.82 Å². The number of ether oxygens (including phenoxy) is 1. The van der Waals surface area contributed by atoms with Gasteiger partial charge in [0.2, 0.25) is 0 Å². The molecule has 86 valence electrons. The van der Waals surface area contributed by atoms with Crippen molar-refractivity contribution >= 4 is 21.9 Å². The molecule has 2 rings (SSSR count). The van der Waals surface area contributed by atoms with Crippen molar-refractivity contribution in [2.45, 2.75) is 19.3 Å². The number of benzene rings is 1. The van der Waals surface area contributed by atoms with Crippen LogP contribution in [0, 0.1) is 11.7 Å². The molecule has 1 aromatic carbocycles. The third-order valence-electron chi connectivity index (χ3n) is 2.74. The molecular formula is C12H12BrFO2. The van der Waals surface area contributed by atoms with Crippen molar-refractivity contribution in [3.05, 3.63) is 34.1 Å². The van der Waals surface area contributed by atoms with Crippen molar-refractivity contribution in [1.29, 1.82) is 0 Å². The molecule has 0 spiro atoms. The molecule has 1 aliphatic rings. The van der Waals surface area contributed by atoms with Gasteiger partial charge in [0.15, 0.2) is 0 Å². The summed E-state index contributed by atoms with van der Waals surface area (Å²) in [5.74, 6) is -0.635. The van der Waals surface area contributed by atoms with Crippen LogP contribution in [-0.2, 0) is 9.53 Å². The Morgan fingerprint density at radius 2 is 2.38 bits per heavy atom. The van der Waals surface area contributed by atoms with Crippen molar-refractivity contribution in [1.82, 2.24) is 0 Å². The van der Waals surface area contributed by atoms with E-state index in [1.54, 1.807) is 19.1 Å². The van der Waals surface area contributed by atoms with Gasteiger partial charge in [-0.15, -0.1) is 0 Å². The lowest BCUT2D eigenvalue weighted by molar-refractivity contribution is -0.144. The Bertz CT molecular complexity index is 419. The van der Waals surface area contributed by atoms with Crippen molar-refractivity contribution in [2.24, 2.45) is 5.92 Å². The van der Waals surface area contributed by atoms with Crippen molar-refractivity contribution in [3.8, 4) is 0 Å². The molecule has 2 atom stereocenters. The molecule has 0 bridgehead atoms. The summed E-state index contributed by atoms with van der Waals surface area (Å²) in [6.07, 6.45) is 0.692. The fourth-order valence-corrected chi connectivity index (χ4v) is 2.18. The van der Waals surface area contributed by atoms with E-state index in [0.717, 1.165) is 0 Å². The second-order valence-corrected chi connectivity index (χ2v) is 4.78. The molecule has 4 heteroatoms. The first-order valence-electron chi connectivity index (χ1n) is 5.25. The average Bonchev–Trinajstić information content (AvgIpc) is 2.98. The molecule has 1 aliphatic carbocycles. The predicted octanol–water partition coefficient (Wildman–Crippen LogP) is 3.25. The number of esters is 1. The monoisotopic (exact) mass is 286 g/mol. The van der Waals surface area contributed by atoms with Gasteiger partial charge in [0.25, 0.3) is 0 Å². The van der Waals surface area contributed by atoms with E-state index in [9.17, 15) is 9.18 Å². The average molecular weight is 287 g/mol. The highest BCUT2D eigenvalue weighted by atomic mass is 79.9. The van der Waals surface area contributed by atoms with Crippen LogP contribution >= 0.6 is 15.9 Å². The molecule has 1 aromatic rings. The number of carbonyl (C=O) groups excluding carboxylic acids is 1. The minimum Gasteiger partial charge on any atom is -0.466 e. The predicted molar refractivity (Wildman–Crippen MR) is 61.6 cm³/mol. The van der Waals surface area contributed by atoms with E-state index in [-0.39, 0.29) is 23.6 Å². The van der Waals surface area contributed by atoms with Crippen LogP contribution in [0.25, 0.3) is 0 Å². The van der Waals surface area contributed by atoms with Gasteiger partial charge in [-0.25, -0.2) is 4.39 Å². The van der Waals surface area contributed by atoms with Gasteiger partial charge < -0.3 is 4.74 Å². The SMILES string of the molecule is CCOC(=O)[C@@H]1C[C@H]1c1ccc(Br)cc1F.